The summed E-state index contributed by atoms with van der Waals surface area (Å²) in [4.78, 5) is 26.2. The van der Waals surface area contributed by atoms with Crippen LogP contribution in [-0.4, -0.2) is 30.1 Å². The molecule has 0 aliphatic rings. The van der Waals surface area contributed by atoms with Crippen molar-refractivity contribution in [3.8, 4) is 0 Å². The Morgan fingerprint density at radius 2 is 2.06 bits per heavy atom. The maximum Gasteiger partial charge on any atom is 0.333 e. The number of hydrogen-bond acceptors (Lipinski definition) is 4. The van der Waals surface area contributed by atoms with E-state index in [9.17, 15) is 9.59 Å². The molecule has 18 heavy (non-hydrogen) atoms. The highest BCUT2D eigenvalue weighted by Gasteiger charge is 2.03. The quantitative estimate of drug-likeness (QED) is 0.468. The van der Waals surface area contributed by atoms with Gasteiger partial charge in [0.25, 0.3) is 0 Å². The lowest BCUT2D eigenvalue weighted by atomic mass is 10.4. The van der Waals surface area contributed by atoms with Crippen LogP contribution in [0.2, 0.25) is 0 Å². The van der Waals surface area contributed by atoms with E-state index in [1.54, 1.807) is 31.5 Å². The smallest absolute Gasteiger partial charge is 0.333 e. The molecule has 0 atom stereocenters. The Balaban J connectivity index is 2.18. The second kappa shape index (κ2) is 7.05. The van der Waals surface area contributed by atoms with E-state index in [1.807, 2.05) is 0 Å². The summed E-state index contributed by atoms with van der Waals surface area (Å²) in [5.74, 6) is -0.466. The van der Waals surface area contributed by atoms with Crippen LogP contribution in [0.15, 0.2) is 36.7 Å². The standard InChI is InChI=1S/C12H15N3O3/c1-9(2)11(16)18-8-7-14-12(17)15-10-3-5-13-6-4-10/h3-6H,1,7-8H2,2H3,(H2,13,14,15,17). The first-order valence-corrected chi connectivity index (χ1v) is 5.37. The van der Waals surface area contributed by atoms with Crippen LogP contribution >= 0.6 is 0 Å². The van der Waals surface area contributed by atoms with Crippen molar-refractivity contribution in [3.05, 3.63) is 36.7 Å². The van der Waals surface area contributed by atoms with E-state index >= 15 is 0 Å². The number of nitrogens with one attached hydrogen (secondary N) is 2. The van der Waals surface area contributed by atoms with Crippen LogP contribution in [0.5, 0.6) is 0 Å². The molecule has 1 aromatic rings. The van der Waals surface area contributed by atoms with Crippen LogP contribution in [0.4, 0.5) is 10.5 Å². The molecule has 6 heteroatoms. The Labute approximate surface area is 105 Å². The van der Waals surface area contributed by atoms with E-state index in [4.69, 9.17) is 4.74 Å². The minimum Gasteiger partial charge on any atom is -0.460 e. The number of anilines is 1. The van der Waals surface area contributed by atoms with Gasteiger partial charge in [-0.3, -0.25) is 4.98 Å². The van der Waals surface area contributed by atoms with Crippen molar-refractivity contribution in [2.24, 2.45) is 0 Å². The molecule has 0 aromatic carbocycles. The average molecular weight is 249 g/mol. The molecule has 1 heterocycles. The number of pyridine rings is 1. The van der Waals surface area contributed by atoms with Crippen LogP contribution in [0, 0.1) is 0 Å². The molecule has 0 spiro atoms. The summed E-state index contributed by atoms with van der Waals surface area (Å²) in [6.07, 6.45) is 3.15. The first-order valence-electron chi connectivity index (χ1n) is 5.37. The predicted molar refractivity (Wildman–Crippen MR) is 67.0 cm³/mol. The van der Waals surface area contributed by atoms with E-state index in [0.29, 0.717) is 11.3 Å². The number of urea groups is 1. The molecular weight excluding hydrogens is 234 g/mol. The molecule has 0 unspecified atom stereocenters. The lowest BCUT2D eigenvalue weighted by Crippen LogP contribution is -2.32. The average Bonchev–Trinajstić information content (AvgIpc) is 2.35. The highest BCUT2D eigenvalue weighted by atomic mass is 16.5. The molecule has 0 bridgehead atoms. The van der Waals surface area contributed by atoms with Gasteiger partial charge in [0.2, 0.25) is 0 Å². The number of rotatable bonds is 5. The summed E-state index contributed by atoms with van der Waals surface area (Å²) in [7, 11) is 0. The van der Waals surface area contributed by atoms with Crippen molar-refractivity contribution in [1.29, 1.82) is 0 Å². The maximum absolute atomic E-state index is 11.4. The van der Waals surface area contributed by atoms with Crippen molar-refractivity contribution in [2.75, 3.05) is 18.5 Å². The van der Waals surface area contributed by atoms with Gasteiger partial charge in [-0.25, -0.2) is 9.59 Å². The summed E-state index contributed by atoms with van der Waals surface area (Å²) in [6.45, 7) is 5.34. The van der Waals surface area contributed by atoms with Gasteiger partial charge in [-0.1, -0.05) is 6.58 Å². The number of ether oxygens (including phenoxy) is 1. The monoisotopic (exact) mass is 249 g/mol. The number of hydrogen-bond donors (Lipinski definition) is 2. The molecule has 2 amide bonds. The zero-order chi connectivity index (χ0) is 13.4. The molecule has 96 valence electrons. The van der Waals surface area contributed by atoms with Crippen molar-refractivity contribution in [1.82, 2.24) is 10.3 Å². The van der Waals surface area contributed by atoms with Crippen molar-refractivity contribution >= 4 is 17.7 Å². The van der Waals surface area contributed by atoms with Crippen molar-refractivity contribution in [3.63, 3.8) is 0 Å². The van der Waals surface area contributed by atoms with E-state index in [2.05, 4.69) is 22.2 Å². The Hall–Kier alpha value is -2.37. The van der Waals surface area contributed by atoms with Gasteiger partial charge in [0.05, 0.1) is 6.54 Å². The summed E-state index contributed by atoms with van der Waals surface area (Å²) in [5.41, 5.74) is 0.970. The van der Waals surface area contributed by atoms with Crippen molar-refractivity contribution < 1.29 is 14.3 Å². The molecule has 1 rings (SSSR count). The van der Waals surface area contributed by atoms with Crippen LogP contribution in [0.1, 0.15) is 6.92 Å². The third-order valence-electron chi connectivity index (χ3n) is 1.91. The van der Waals surface area contributed by atoms with Gasteiger partial charge in [0.1, 0.15) is 6.61 Å². The number of nitrogens with zero attached hydrogens (tertiary/aromatic N) is 1. The number of aromatic nitrogens is 1. The first kappa shape index (κ1) is 13.7. The van der Waals surface area contributed by atoms with Gasteiger partial charge in [0.15, 0.2) is 0 Å². The Bertz CT molecular complexity index is 431. The van der Waals surface area contributed by atoms with Crippen LogP contribution in [0.25, 0.3) is 0 Å². The Morgan fingerprint density at radius 1 is 1.39 bits per heavy atom. The van der Waals surface area contributed by atoms with Crippen LogP contribution in [-0.2, 0) is 9.53 Å². The minimum absolute atomic E-state index is 0.107. The lowest BCUT2D eigenvalue weighted by Gasteiger charge is -2.07. The highest BCUT2D eigenvalue weighted by Crippen LogP contribution is 2.01. The molecular formula is C12H15N3O3. The lowest BCUT2D eigenvalue weighted by molar-refractivity contribution is -0.138. The summed E-state index contributed by atoms with van der Waals surface area (Å²) in [6, 6.07) is 2.97. The number of carbonyl (C=O) groups excluding carboxylic acids is 2. The van der Waals surface area contributed by atoms with Crippen molar-refractivity contribution in [2.45, 2.75) is 6.92 Å². The van der Waals surface area contributed by atoms with E-state index in [-0.39, 0.29) is 19.2 Å². The zero-order valence-corrected chi connectivity index (χ0v) is 10.1. The molecule has 2 N–H and O–H groups in total. The third kappa shape index (κ3) is 5.11. The molecule has 1 aromatic heterocycles. The van der Waals surface area contributed by atoms with Gasteiger partial charge in [-0.15, -0.1) is 0 Å². The molecule has 0 saturated carbocycles. The number of amides is 2. The molecule has 0 aliphatic carbocycles. The second-order valence-electron chi connectivity index (χ2n) is 3.53. The highest BCUT2D eigenvalue weighted by molar-refractivity contribution is 5.89. The number of carbonyl (C=O) groups is 2. The maximum atomic E-state index is 11.4. The normalized spacial score (nSPS) is 9.39. The largest absolute Gasteiger partial charge is 0.460 e. The fourth-order valence-electron chi connectivity index (χ4n) is 1.04. The van der Waals surface area contributed by atoms with Gasteiger partial charge in [-0.2, -0.15) is 0 Å². The Morgan fingerprint density at radius 3 is 2.67 bits per heavy atom. The summed E-state index contributed by atoms with van der Waals surface area (Å²) >= 11 is 0. The second-order valence-corrected chi connectivity index (χ2v) is 3.53. The molecule has 0 aliphatic heterocycles. The fraction of sp³-hybridized carbons (Fsp3) is 0.250. The summed E-state index contributed by atoms with van der Waals surface area (Å²) < 4.78 is 4.81. The van der Waals surface area contributed by atoms with Crippen LogP contribution in [0.3, 0.4) is 0 Å². The molecule has 0 fully saturated rings. The van der Waals surface area contributed by atoms with E-state index < -0.39 is 5.97 Å². The first-order chi connectivity index (χ1) is 8.59. The molecule has 0 saturated heterocycles. The Kier molecular flexibility index (Phi) is 5.37. The fourth-order valence-corrected chi connectivity index (χ4v) is 1.04. The topological polar surface area (TPSA) is 80.3 Å². The van der Waals surface area contributed by atoms with Gasteiger partial charge >= 0.3 is 12.0 Å². The van der Waals surface area contributed by atoms with E-state index in [0.717, 1.165) is 0 Å². The van der Waals surface area contributed by atoms with Gasteiger partial charge < -0.3 is 15.4 Å². The SMILES string of the molecule is C=C(C)C(=O)OCCNC(=O)Nc1ccncc1. The molecule has 6 nitrogen and oxygen atoms in total. The summed E-state index contributed by atoms with van der Waals surface area (Å²) in [5, 5.41) is 5.15. The predicted octanol–water partition coefficient (Wildman–Crippen LogP) is 1.32. The van der Waals surface area contributed by atoms with Crippen LogP contribution < -0.4 is 10.6 Å². The number of esters is 1. The minimum atomic E-state index is -0.466. The zero-order valence-electron chi connectivity index (χ0n) is 10.1. The van der Waals surface area contributed by atoms with Gasteiger partial charge in [-0.05, 0) is 19.1 Å². The van der Waals surface area contributed by atoms with Gasteiger partial charge in [0, 0.05) is 23.7 Å². The van der Waals surface area contributed by atoms with E-state index in [1.165, 1.54) is 0 Å². The molecule has 0 radical (unpaired) electrons. The third-order valence-corrected chi connectivity index (χ3v) is 1.91.